The second-order valence-electron chi connectivity index (χ2n) is 6.45. The number of fused-ring (bicyclic) bond motifs is 1. The molecule has 0 spiro atoms. The minimum absolute atomic E-state index is 0.163. The Morgan fingerprint density at radius 2 is 2.09 bits per heavy atom. The zero-order valence-electron chi connectivity index (χ0n) is 12.6. The maximum absolute atomic E-state index is 12.6. The molecule has 2 aliphatic rings. The maximum Gasteiger partial charge on any atom is 0.253 e. The van der Waals surface area contributed by atoms with Gasteiger partial charge in [0.05, 0.1) is 15.7 Å². The molecule has 2 heterocycles. The fourth-order valence-corrected chi connectivity index (χ4v) is 3.83. The van der Waals surface area contributed by atoms with Crippen molar-refractivity contribution in [1.82, 2.24) is 15.2 Å². The lowest BCUT2D eigenvalue weighted by Gasteiger charge is -2.32. The normalized spacial score (nSPS) is 19.7. The summed E-state index contributed by atoms with van der Waals surface area (Å²) in [6.45, 7) is 2.89. The Bertz CT molecular complexity index is 671. The molecular formula is C17H21N3OS. The number of hydrogen-bond donors (Lipinski definition) is 1. The monoisotopic (exact) mass is 315 g/mol. The number of likely N-dealkylation sites (tertiary alicyclic amines) is 1. The predicted molar refractivity (Wildman–Crippen MR) is 89.3 cm³/mol. The predicted octanol–water partition coefficient (Wildman–Crippen LogP) is 2.90. The summed E-state index contributed by atoms with van der Waals surface area (Å²) in [6.07, 6.45) is 4.93. The van der Waals surface area contributed by atoms with Crippen molar-refractivity contribution < 1.29 is 4.79 Å². The lowest BCUT2D eigenvalue weighted by molar-refractivity contribution is 0.0705. The van der Waals surface area contributed by atoms with Gasteiger partial charge in [0.2, 0.25) is 0 Å². The second-order valence-corrected chi connectivity index (χ2v) is 7.34. The molecule has 1 saturated carbocycles. The van der Waals surface area contributed by atoms with E-state index in [-0.39, 0.29) is 5.91 Å². The van der Waals surface area contributed by atoms with Crippen molar-refractivity contribution >= 4 is 27.5 Å². The molecule has 0 atom stereocenters. The Labute approximate surface area is 134 Å². The van der Waals surface area contributed by atoms with Gasteiger partial charge in [0, 0.05) is 24.7 Å². The molecule has 2 fully saturated rings. The van der Waals surface area contributed by atoms with E-state index in [9.17, 15) is 4.79 Å². The third kappa shape index (κ3) is 3.01. The molecule has 5 heteroatoms. The van der Waals surface area contributed by atoms with E-state index >= 15 is 0 Å². The molecule has 0 radical (unpaired) electrons. The number of rotatable bonds is 4. The number of hydrogen-bond acceptors (Lipinski definition) is 4. The van der Waals surface area contributed by atoms with Crippen LogP contribution in [0.4, 0.5) is 0 Å². The van der Waals surface area contributed by atoms with Gasteiger partial charge in [-0.3, -0.25) is 4.79 Å². The van der Waals surface area contributed by atoms with Crippen LogP contribution in [0.25, 0.3) is 10.2 Å². The number of benzene rings is 1. The van der Waals surface area contributed by atoms with E-state index in [1.165, 1.54) is 19.4 Å². The van der Waals surface area contributed by atoms with Crippen molar-refractivity contribution in [3.05, 3.63) is 29.3 Å². The zero-order valence-corrected chi connectivity index (χ0v) is 13.4. The van der Waals surface area contributed by atoms with E-state index in [0.29, 0.717) is 6.04 Å². The Hall–Kier alpha value is -1.46. The fourth-order valence-electron chi connectivity index (χ4n) is 3.11. The summed E-state index contributed by atoms with van der Waals surface area (Å²) in [6, 6.07) is 6.42. The summed E-state index contributed by atoms with van der Waals surface area (Å²) >= 11 is 1.59. The van der Waals surface area contributed by atoms with Gasteiger partial charge < -0.3 is 10.2 Å². The van der Waals surface area contributed by atoms with Crippen molar-refractivity contribution in [2.75, 3.05) is 19.6 Å². The molecule has 22 heavy (non-hydrogen) atoms. The lowest BCUT2D eigenvalue weighted by Crippen LogP contribution is -2.45. The molecular weight excluding hydrogens is 294 g/mol. The molecule has 0 unspecified atom stereocenters. The molecule has 1 aliphatic carbocycles. The smallest absolute Gasteiger partial charge is 0.253 e. The minimum atomic E-state index is 0.163. The average molecular weight is 315 g/mol. The molecule has 1 N–H and O–H groups in total. The number of carbonyl (C=O) groups excluding carboxylic acids is 1. The Balaban J connectivity index is 1.36. The van der Waals surface area contributed by atoms with Crippen LogP contribution in [0, 0.1) is 5.92 Å². The highest BCUT2D eigenvalue weighted by atomic mass is 32.1. The van der Waals surface area contributed by atoms with E-state index in [0.717, 1.165) is 47.6 Å². The third-order valence-corrected chi connectivity index (χ3v) is 5.54. The molecule has 1 saturated heterocycles. The van der Waals surface area contributed by atoms with Crippen LogP contribution in [0.2, 0.25) is 0 Å². The molecule has 1 amide bonds. The van der Waals surface area contributed by atoms with Crippen LogP contribution >= 0.6 is 11.3 Å². The van der Waals surface area contributed by atoms with Gasteiger partial charge >= 0.3 is 0 Å². The van der Waals surface area contributed by atoms with Crippen LogP contribution in [-0.4, -0.2) is 41.5 Å². The maximum atomic E-state index is 12.6. The first-order valence-electron chi connectivity index (χ1n) is 8.15. The molecule has 1 aromatic carbocycles. The summed E-state index contributed by atoms with van der Waals surface area (Å²) in [5, 5.41) is 3.66. The SMILES string of the molecule is O=C(c1ccc2ncsc2c1)N1CCC(NCC2CC2)CC1. The summed E-state index contributed by atoms with van der Waals surface area (Å²) in [5.74, 6) is 1.08. The van der Waals surface area contributed by atoms with Crippen LogP contribution in [0.5, 0.6) is 0 Å². The molecule has 4 rings (SSSR count). The molecule has 116 valence electrons. The third-order valence-electron chi connectivity index (χ3n) is 4.75. The second kappa shape index (κ2) is 5.97. The molecule has 4 nitrogen and oxygen atoms in total. The molecule has 1 aliphatic heterocycles. The van der Waals surface area contributed by atoms with Crippen LogP contribution in [0.1, 0.15) is 36.0 Å². The van der Waals surface area contributed by atoms with Crippen LogP contribution < -0.4 is 5.32 Å². The zero-order chi connectivity index (χ0) is 14.9. The molecule has 2 aromatic rings. The number of carbonyl (C=O) groups is 1. The van der Waals surface area contributed by atoms with Gasteiger partial charge in [-0.05, 0) is 56.3 Å². The Morgan fingerprint density at radius 1 is 1.27 bits per heavy atom. The van der Waals surface area contributed by atoms with Crippen molar-refractivity contribution in [2.24, 2.45) is 5.92 Å². The van der Waals surface area contributed by atoms with Gasteiger partial charge in [-0.2, -0.15) is 0 Å². The lowest BCUT2D eigenvalue weighted by atomic mass is 10.0. The number of aromatic nitrogens is 1. The highest BCUT2D eigenvalue weighted by Gasteiger charge is 2.26. The van der Waals surface area contributed by atoms with Gasteiger partial charge in [0.1, 0.15) is 0 Å². The first-order chi connectivity index (χ1) is 10.8. The van der Waals surface area contributed by atoms with Gasteiger partial charge in [-0.25, -0.2) is 4.98 Å². The first-order valence-corrected chi connectivity index (χ1v) is 9.03. The highest BCUT2D eigenvalue weighted by Crippen LogP contribution is 2.28. The van der Waals surface area contributed by atoms with Gasteiger partial charge in [0.25, 0.3) is 5.91 Å². The summed E-state index contributed by atoms with van der Waals surface area (Å²) in [5.41, 5.74) is 3.60. The van der Waals surface area contributed by atoms with Crippen LogP contribution in [-0.2, 0) is 0 Å². The summed E-state index contributed by atoms with van der Waals surface area (Å²) in [4.78, 5) is 18.9. The van der Waals surface area contributed by atoms with Crippen LogP contribution in [0.3, 0.4) is 0 Å². The average Bonchev–Trinajstić information content (AvgIpc) is 3.27. The minimum Gasteiger partial charge on any atom is -0.339 e. The summed E-state index contributed by atoms with van der Waals surface area (Å²) < 4.78 is 1.09. The Morgan fingerprint density at radius 3 is 2.86 bits per heavy atom. The van der Waals surface area contributed by atoms with Gasteiger partial charge in [-0.15, -0.1) is 11.3 Å². The number of piperidine rings is 1. The largest absolute Gasteiger partial charge is 0.339 e. The van der Waals surface area contributed by atoms with E-state index in [1.54, 1.807) is 11.3 Å². The first kappa shape index (κ1) is 14.2. The van der Waals surface area contributed by atoms with Crippen molar-refractivity contribution in [2.45, 2.75) is 31.7 Å². The number of thiazole rings is 1. The van der Waals surface area contributed by atoms with E-state index in [2.05, 4.69) is 10.3 Å². The van der Waals surface area contributed by atoms with Crippen molar-refractivity contribution in [3.63, 3.8) is 0 Å². The quantitative estimate of drug-likeness (QED) is 0.943. The van der Waals surface area contributed by atoms with Crippen LogP contribution in [0.15, 0.2) is 23.7 Å². The molecule has 0 bridgehead atoms. The number of nitrogens with zero attached hydrogens (tertiary/aromatic N) is 2. The Kier molecular flexibility index (Phi) is 3.84. The number of amides is 1. The van der Waals surface area contributed by atoms with E-state index in [4.69, 9.17) is 0 Å². The molecule has 1 aromatic heterocycles. The fraction of sp³-hybridized carbons (Fsp3) is 0.529. The van der Waals surface area contributed by atoms with E-state index < -0.39 is 0 Å². The summed E-state index contributed by atoms with van der Waals surface area (Å²) in [7, 11) is 0. The van der Waals surface area contributed by atoms with E-state index in [1.807, 2.05) is 28.6 Å². The van der Waals surface area contributed by atoms with Gasteiger partial charge in [0.15, 0.2) is 0 Å². The van der Waals surface area contributed by atoms with Crippen molar-refractivity contribution in [1.29, 1.82) is 0 Å². The topological polar surface area (TPSA) is 45.2 Å². The van der Waals surface area contributed by atoms with Gasteiger partial charge in [-0.1, -0.05) is 0 Å². The number of nitrogens with one attached hydrogen (secondary N) is 1. The highest BCUT2D eigenvalue weighted by molar-refractivity contribution is 7.16. The van der Waals surface area contributed by atoms with Crippen molar-refractivity contribution in [3.8, 4) is 0 Å². The standard InChI is InChI=1S/C17H21N3OS/c21-17(13-3-4-15-16(9-13)22-11-19-15)20-7-5-14(6-8-20)18-10-12-1-2-12/h3-4,9,11-12,14,18H,1-2,5-8,10H2.